The molecule has 0 atom stereocenters. The zero-order valence-corrected chi connectivity index (χ0v) is 19.1. The summed E-state index contributed by atoms with van der Waals surface area (Å²) in [7, 11) is 0. The van der Waals surface area contributed by atoms with Crippen LogP contribution >= 0.6 is 23.8 Å². The van der Waals surface area contributed by atoms with Gasteiger partial charge in [-0.1, -0.05) is 66.2 Å². The number of halogens is 1. The Labute approximate surface area is 196 Å². The minimum Gasteiger partial charge on any atom is -0.490 e. The quantitative estimate of drug-likeness (QED) is 0.297. The summed E-state index contributed by atoms with van der Waals surface area (Å²) in [5, 5.41) is 7.92. The molecular formula is C24H23ClN4O2S. The molecule has 164 valence electrons. The molecule has 1 aromatic heterocycles. The van der Waals surface area contributed by atoms with Gasteiger partial charge in [-0.25, -0.2) is 9.77 Å². The van der Waals surface area contributed by atoms with E-state index in [1.165, 1.54) is 0 Å². The number of para-hydroxylation sites is 1. The van der Waals surface area contributed by atoms with Gasteiger partial charge in [0.2, 0.25) is 4.77 Å². The second kappa shape index (κ2) is 10.3. The van der Waals surface area contributed by atoms with E-state index in [9.17, 15) is 0 Å². The van der Waals surface area contributed by atoms with Crippen LogP contribution in [0.5, 0.6) is 11.5 Å². The van der Waals surface area contributed by atoms with Crippen LogP contribution in [0.3, 0.4) is 0 Å². The number of rotatable bonds is 9. The fourth-order valence-electron chi connectivity index (χ4n) is 3.26. The number of aromatic amines is 1. The van der Waals surface area contributed by atoms with Crippen molar-refractivity contribution in [2.45, 2.75) is 20.1 Å². The number of benzene rings is 3. The standard InChI is InChI=1S/C24H23ClN4O2S/c1-2-30-21-10-6-9-19(22(21)31-16-17-11-13-20(25)14-12-17)15-26-29-23(27-28-24(29)32)18-7-4-3-5-8-18/h3-14,26H,2,15-16H2,1H3,(H,28,32). The maximum Gasteiger partial charge on any atom is 0.214 e. The Kier molecular flexibility index (Phi) is 7.09. The molecule has 0 aliphatic rings. The van der Waals surface area contributed by atoms with Crippen molar-refractivity contribution >= 4 is 23.8 Å². The summed E-state index contributed by atoms with van der Waals surface area (Å²) in [4.78, 5) is 0. The second-order valence-corrected chi connectivity index (χ2v) is 7.80. The van der Waals surface area contributed by atoms with Gasteiger partial charge in [-0.05, 0) is 42.9 Å². The molecule has 0 saturated carbocycles. The normalized spacial score (nSPS) is 10.7. The largest absolute Gasteiger partial charge is 0.490 e. The highest BCUT2D eigenvalue weighted by Gasteiger charge is 2.14. The Bertz CT molecular complexity index is 1220. The lowest BCUT2D eigenvalue weighted by molar-refractivity contribution is 0.267. The van der Waals surface area contributed by atoms with Crippen molar-refractivity contribution in [1.29, 1.82) is 0 Å². The SMILES string of the molecule is CCOc1cccc(CNn2c(-c3ccccc3)n[nH]c2=S)c1OCc1ccc(Cl)cc1. The van der Waals surface area contributed by atoms with Crippen LogP contribution in [0.15, 0.2) is 72.8 Å². The molecule has 32 heavy (non-hydrogen) atoms. The van der Waals surface area contributed by atoms with Gasteiger partial charge in [0.25, 0.3) is 0 Å². The summed E-state index contributed by atoms with van der Waals surface area (Å²) >= 11 is 11.4. The topological polar surface area (TPSA) is 64.1 Å². The van der Waals surface area contributed by atoms with Crippen LogP contribution in [0.25, 0.3) is 11.4 Å². The highest BCUT2D eigenvalue weighted by atomic mass is 35.5. The van der Waals surface area contributed by atoms with E-state index in [2.05, 4.69) is 15.6 Å². The lowest BCUT2D eigenvalue weighted by Gasteiger charge is -2.17. The van der Waals surface area contributed by atoms with Crippen LogP contribution in [0, 0.1) is 4.77 Å². The Morgan fingerprint density at radius 3 is 2.53 bits per heavy atom. The van der Waals surface area contributed by atoms with E-state index in [4.69, 9.17) is 33.3 Å². The molecule has 0 saturated heterocycles. The zero-order chi connectivity index (χ0) is 22.3. The second-order valence-electron chi connectivity index (χ2n) is 6.98. The van der Waals surface area contributed by atoms with Crippen LogP contribution in [0.1, 0.15) is 18.1 Å². The van der Waals surface area contributed by atoms with Crippen molar-refractivity contribution < 1.29 is 9.47 Å². The number of ether oxygens (including phenoxy) is 2. The maximum atomic E-state index is 6.19. The van der Waals surface area contributed by atoms with E-state index in [0.717, 1.165) is 16.7 Å². The molecule has 0 amide bonds. The summed E-state index contributed by atoms with van der Waals surface area (Å²) in [6, 6.07) is 23.3. The van der Waals surface area contributed by atoms with E-state index >= 15 is 0 Å². The third-order valence-electron chi connectivity index (χ3n) is 4.79. The van der Waals surface area contributed by atoms with E-state index in [1.807, 2.05) is 79.7 Å². The van der Waals surface area contributed by atoms with Crippen molar-refractivity contribution in [3.63, 3.8) is 0 Å². The zero-order valence-electron chi connectivity index (χ0n) is 17.5. The van der Waals surface area contributed by atoms with E-state index in [-0.39, 0.29) is 0 Å². The minimum atomic E-state index is 0.397. The highest BCUT2D eigenvalue weighted by molar-refractivity contribution is 7.71. The molecule has 4 rings (SSSR count). The predicted molar refractivity (Wildman–Crippen MR) is 129 cm³/mol. The van der Waals surface area contributed by atoms with E-state index in [0.29, 0.717) is 46.9 Å². The van der Waals surface area contributed by atoms with Gasteiger partial charge in [0.05, 0.1) is 13.2 Å². The monoisotopic (exact) mass is 466 g/mol. The fourth-order valence-corrected chi connectivity index (χ4v) is 3.58. The minimum absolute atomic E-state index is 0.397. The van der Waals surface area contributed by atoms with Crippen molar-refractivity contribution in [3.05, 3.63) is 93.7 Å². The predicted octanol–water partition coefficient (Wildman–Crippen LogP) is 5.98. The molecule has 0 aliphatic heterocycles. The summed E-state index contributed by atoms with van der Waals surface area (Å²) < 4.78 is 14.3. The summed E-state index contributed by atoms with van der Waals surface area (Å²) in [5.41, 5.74) is 6.26. The number of hydrogen-bond donors (Lipinski definition) is 2. The van der Waals surface area contributed by atoms with Gasteiger partial charge < -0.3 is 14.9 Å². The summed E-state index contributed by atoms with van der Waals surface area (Å²) in [6.07, 6.45) is 0. The molecule has 6 nitrogen and oxygen atoms in total. The molecule has 0 spiro atoms. The first-order valence-electron chi connectivity index (χ1n) is 10.2. The van der Waals surface area contributed by atoms with Gasteiger partial charge in [-0.3, -0.25) is 0 Å². The first-order valence-corrected chi connectivity index (χ1v) is 11.0. The average Bonchev–Trinajstić information content (AvgIpc) is 3.19. The van der Waals surface area contributed by atoms with Crippen molar-refractivity contribution in [2.24, 2.45) is 0 Å². The Morgan fingerprint density at radius 1 is 1.00 bits per heavy atom. The molecule has 4 aromatic rings. The summed E-state index contributed by atoms with van der Waals surface area (Å²) in [5.74, 6) is 2.09. The number of aromatic nitrogens is 3. The summed E-state index contributed by atoms with van der Waals surface area (Å²) in [6.45, 7) is 3.35. The molecule has 0 unspecified atom stereocenters. The van der Waals surface area contributed by atoms with Gasteiger partial charge in [0, 0.05) is 16.1 Å². The number of H-pyrrole nitrogens is 1. The molecule has 0 aliphatic carbocycles. The first-order chi connectivity index (χ1) is 15.7. The molecule has 2 N–H and O–H groups in total. The highest BCUT2D eigenvalue weighted by Crippen LogP contribution is 2.32. The molecule has 8 heteroatoms. The van der Waals surface area contributed by atoms with Crippen molar-refractivity contribution in [3.8, 4) is 22.9 Å². The fraction of sp³-hybridized carbons (Fsp3) is 0.167. The van der Waals surface area contributed by atoms with Gasteiger partial charge in [0.15, 0.2) is 17.3 Å². The maximum absolute atomic E-state index is 6.19. The van der Waals surface area contributed by atoms with E-state index in [1.54, 1.807) is 4.68 Å². The Balaban J connectivity index is 1.58. The van der Waals surface area contributed by atoms with Crippen molar-refractivity contribution in [2.75, 3.05) is 12.0 Å². The Hall–Kier alpha value is -3.29. The van der Waals surface area contributed by atoms with Gasteiger partial charge >= 0.3 is 0 Å². The molecule has 0 fully saturated rings. The Morgan fingerprint density at radius 2 is 1.78 bits per heavy atom. The van der Waals surface area contributed by atoms with Gasteiger partial charge in [0.1, 0.15) is 6.61 Å². The lowest BCUT2D eigenvalue weighted by atomic mass is 10.1. The molecule has 3 aromatic carbocycles. The van der Waals surface area contributed by atoms with Crippen LogP contribution in [0.2, 0.25) is 5.02 Å². The van der Waals surface area contributed by atoms with Gasteiger partial charge in [-0.15, -0.1) is 0 Å². The van der Waals surface area contributed by atoms with Crippen LogP contribution < -0.4 is 14.9 Å². The first kappa shape index (κ1) is 21.9. The average molecular weight is 467 g/mol. The van der Waals surface area contributed by atoms with Crippen molar-refractivity contribution in [1.82, 2.24) is 14.9 Å². The molecule has 0 radical (unpaired) electrons. The number of nitrogens with one attached hydrogen (secondary N) is 2. The third kappa shape index (κ3) is 5.12. The lowest BCUT2D eigenvalue weighted by Crippen LogP contribution is -2.17. The van der Waals surface area contributed by atoms with Crippen LogP contribution in [-0.2, 0) is 13.2 Å². The van der Waals surface area contributed by atoms with Crippen LogP contribution in [-0.4, -0.2) is 21.5 Å². The molecular weight excluding hydrogens is 444 g/mol. The third-order valence-corrected chi connectivity index (χ3v) is 5.31. The van der Waals surface area contributed by atoms with Gasteiger partial charge in [-0.2, -0.15) is 5.10 Å². The molecule has 0 bridgehead atoms. The number of nitrogens with zero attached hydrogens (tertiary/aromatic N) is 2. The number of hydrogen-bond acceptors (Lipinski definition) is 5. The smallest absolute Gasteiger partial charge is 0.214 e. The van der Waals surface area contributed by atoms with Crippen LogP contribution in [0.4, 0.5) is 0 Å². The van der Waals surface area contributed by atoms with E-state index < -0.39 is 0 Å². The molecule has 1 heterocycles.